The molecule has 0 N–H and O–H groups in total. The zero-order valence-corrected chi connectivity index (χ0v) is 11.3. The van der Waals surface area contributed by atoms with Crippen LogP contribution in [0.1, 0.15) is 58.8 Å². The molecule has 0 bridgehead atoms. The minimum atomic E-state index is -0.653. The first-order chi connectivity index (χ1) is 7.55. The number of nitrogens with zero attached hydrogens (tertiary/aromatic N) is 1. The Morgan fingerprint density at radius 2 is 1.94 bits per heavy atom. The van der Waals surface area contributed by atoms with Gasteiger partial charge in [0.05, 0.1) is 11.5 Å². The van der Waals surface area contributed by atoms with Gasteiger partial charge < -0.3 is 0 Å². The third-order valence-corrected chi connectivity index (χ3v) is 5.28. The van der Waals surface area contributed by atoms with Crippen molar-refractivity contribution >= 4 is 10.8 Å². The van der Waals surface area contributed by atoms with E-state index in [2.05, 4.69) is 6.07 Å². The zero-order valence-electron chi connectivity index (χ0n) is 10.5. The van der Waals surface area contributed by atoms with E-state index in [1.165, 1.54) is 19.3 Å². The first-order valence-electron chi connectivity index (χ1n) is 6.33. The molecular weight excluding hydrogens is 218 g/mol. The van der Waals surface area contributed by atoms with Crippen LogP contribution in [0.25, 0.3) is 0 Å². The number of nitriles is 1. The second-order valence-electron chi connectivity index (χ2n) is 5.44. The molecule has 1 fully saturated rings. The molecule has 1 atom stereocenters. The van der Waals surface area contributed by atoms with Crippen molar-refractivity contribution in [1.82, 2.24) is 0 Å². The van der Waals surface area contributed by atoms with Crippen LogP contribution in [-0.4, -0.2) is 15.2 Å². The Labute approximate surface area is 102 Å². The summed E-state index contributed by atoms with van der Waals surface area (Å²) >= 11 is 0. The average molecular weight is 241 g/mol. The SMILES string of the molecule is CC(C)(C#N)CCCS(=O)C1CCCCC1. The van der Waals surface area contributed by atoms with Crippen LogP contribution in [-0.2, 0) is 10.8 Å². The maximum atomic E-state index is 12.0. The maximum absolute atomic E-state index is 12.0. The number of hydrogen-bond acceptors (Lipinski definition) is 2. The summed E-state index contributed by atoms with van der Waals surface area (Å²) in [6.07, 6.45) is 7.89. The lowest BCUT2D eigenvalue weighted by Gasteiger charge is -2.21. The Hall–Kier alpha value is -0.360. The van der Waals surface area contributed by atoms with Gasteiger partial charge in [0.1, 0.15) is 0 Å². The van der Waals surface area contributed by atoms with E-state index in [0.717, 1.165) is 31.4 Å². The van der Waals surface area contributed by atoms with Gasteiger partial charge in [-0.3, -0.25) is 4.21 Å². The van der Waals surface area contributed by atoms with E-state index in [-0.39, 0.29) is 5.41 Å². The van der Waals surface area contributed by atoms with Gasteiger partial charge in [0.15, 0.2) is 0 Å². The first-order valence-corrected chi connectivity index (χ1v) is 7.72. The Kier molecular flexibility index (Phi) is 5.48. The van der Waals surface area contributed by atoms with Crippen molar-refractivity contribution in [3.05, 3.63) is 0 Å². The Morgan fingerprint density at radius 3 is 2.50 bits per heavy atom. The molecule has 0 aliphatic heterocycles. The normalized spacial score (nSPS) is 20.3. The van der Waals surface area contributed by atoms with Crippen molar-refractivity contribution < 1.29 is 4.21 Å². The predicted molar refractivity (Wildman–Crippen MR) is 68.5 cm³/mol. The minimum absolute atomic E-state index is 0.253. The van der Waals surface area contributed by atoms with Crippen molar-refractivity contribution in [2.45, 2.75) is 64.0 Å². The van der Waals surface area contributed by atoms with E-state index in [1.54, 1.807) is 0 Å². The summed E-state index contributed by atoms with van der Waals surface area (Å²) < 4.78 is 12.0. The first kappa shape index (κ1) is 13.7. The molecule has 0 amide bonds. The fourth-order valence-corrected chi connectivity index (χ4v) is 3.83. The number of rotatable bonds is 5. The summed E-state index contributed by atoms with van der Waals surface area (Å²) in [7, 11) is -0.653. The second-order valence-corrected chi connectivity index (χ2v) is 7.28. The van der Waals surface area contributed by atoms with Crippen LogP contribution in [0.2, 0.25) is 0 Å². The smallest absolute Gasteiger partial charge is 0.0683 e. The third-order valence-electron chi connectivity index (χ3n) is 3.37. The van der Waals surface area contributed by atoms with Gasteiger partial charge in [-0.05, 0) is 39.5 Å². The standard InChI is InChI=1S/C13H23NOS/c1-13(2,11-14)9-6-10-16(15)12-7-4-3-5-8-12/h12H,3-10H2,1-2H3. The molecule has 0 spiro atoms. The Bertz CT molecular complexity index is 274. The van der Waals surface area contributed by atoms with E-state index in [1.807, 2.05) is 13.8 Å². The molecule has 0 saturated heterocycles. The van der Waals surface area contributed by atoms with Gasteiger partial charge >= 0.3 is 0 Å². The molecule has 3 heteroatoms. The zero-order chi connectivity index (χ0) is 12.0. The molecule has 0 aromatic heterocycles. The van der Waals surface area contributed by atoms with Gasteiger partial charge in [-0.2, -0.15) is 5.26 Å². The molecule has 1 aliphatic carbocycles. The third kappa shape index (κ3) is 4.65. The van der Waals surface area contributed by atoms with Gasteiger partial charge in [0, 0.05) is 21.8 Å². The van der Waals surface area contributed by atoms with E-state index in [0.29, 0.717) is 5.25 Å². The molecule has 1 rings (SSSR count). The molecule has 1 aliphatic rings. The summed E-state index contributed by atoms with van der Waals surface area (Å²) in [5.41, 5.74) is -0.253. The molecule has 0 aromatic rings. The summed E-state index contributed by atoms with van der Waals surface area (Å²) in [6.45, 7) is 3.91. The highest BCUT2D eigenvalue weighted by molar-refractivity contribution is 7.85. The van der Waals surface area contributed by atoms with E-state index >= 15 is 0 Å². The van der Waals surface area contributed by atoms with Crippen LogP contribution in [0, 0.1) is 16.7 Å². The summed E-state index contributed by atoms with van der Waals surface area (Å²) in [4.78, 5) is 0. The van der Waals surface area contributed by atoms with Crippen molar-refractivity contribution in [3.63, 3.8) is 0 Å². The molecule has 2 nitrogen and oxygen atoms in total. The second kappa shape index (κ2) is 6.39. The monoisotopic (exact) mass is 241 g/mol. The highest BCUT2D eigenvalue weighted by Crippen LogP contribution is 2.24. The lowest BCUT2D eigenvalue weighted by molar-refractivity contribution is 0.445. The Morgan fingerprint density at radius 1 is 1.31 bits per heavy atom. The summed E-state index contributed by atoms with van der Waals surface area (Å²) in [5, 5.41) is 9.33. The van der Waals surface area contributed by atoms with Crippen molar-refractivity contribution in [2.24, 2.45) is 5.41 Å². The molecular formula is C13H23NOS. The Balaban J connectivity index is 2.22. The van der Waals surface area contributed by atoms with Crippen LogP contribution in [0.5, 0.6) is 0 Å². The van der Waals surface area contributed by atoms with Crippen LogP contribution < -0.4 is 0 Å². The highest BCUT2D eigenvalue weighted by Gasteiger charge is 2.21. The summed E-state index contributed by atoms with van der Waals surface area (Å²) in [6, 6.07) is 2.30. The predicted octanol–water partition coefficient (Wildman–Crippen LogP) is 3.40. The average Bonchev–Trinajstić information content (AvgIpc) is 2.30. The molecule has 0 heterocycles. The van der Waals surface area contributed by atoms with Crippen molar-refractivity contribution in [3.8, 4) is 6.07 Å². The van der Waals surface area contributed by atoms with Crippen LogP contribution in [0.15, 0.2) is 0 Å². The van der Waals surface area contributed by atoms with Gasteiger partial charge in [-0.15, -0.1) is 0 Å². The molecule has 1 saturated carbocycles. The van der Waals surface area contributed by atoms with E-state index < -0.39 is 10.8 Å². The van der Waals surface area contributed by atoms with E-state index in [4.69, 9.17) is 5.26 Å². The molecule has 0 aromatic carbocycles. The fourth-order valence-electron chi connectivity index (χ4n) is 2.21. The topological polar surface area (TPSA) is 40.9 Å². The largest absolute Gasteiger partial charge is 0.259 e. The van der Waals surface area contributed by atoms with Gasteiger partial charge in [0.25, 0.3) is 0 Å². The van der Waals surface area contributed by atoms with Crippen LogP contribution in [0.4, 0.5) is 0 Å². The molecule has 92 valence electrons. The molecule has 1 unspecified atom stereocenters. The van der Waals surface area contributed by atoms with Crippen LogP contribution in [0.3, 0.4) is 0 Å². The van der Waals surface area contributed by atoms with Crippen molar-refractivity contribution in [1.29, 1.82) is 5.26 Å². The quantitative estimate of drug-likeness (QED) is 0.740. The van der Waals surface area contributed by atoms with Gasteiger partial charge in [-0.25, -0.2) is 0 Å². The van der Waals surface area contributed by atoms with Gasteiger partial charge in [-0.1, -0.05) is 19.3 Å². The van der Waals surface area contributed by atoms with E-state index in [9.17, 15) is 4.21 Å². The number of hydrogen-bond donors (Lipinski definition) is 0. The summed E-state index contributed by atoms with van der Waals surface area (Å²) in [5.74, 6) is 0.787. The fraction of sp³-hybridized carbons (Fsp3) is 0.923. The molecule has 16 heavy (non-hydrogen) atoms. The maximum Gasteiger partial charge on any atom is 0.0683 e. The lowest BCUT2D eigenvalue weighted by Crippen LogP contribution is -2.21. The lowest BCUT2D eigenvalue weighted by atomic mass is 9.90. The highest BCUT2D eigenvalue weighted by atomic mass is 32.2. The van der Waals surface area contributed by atoms with Crippen molar-refractivity contribution in [2.75, 3.05) is 5.75 Å². The van der Waals surface area contributed by atoms with Gasteiger partial charge in [0.2, 0.25) is 0 Å². The minimum Gasteiger partial charge on any atom is -0.259 e. The van der Waals surface area contributed by atoms with Crippen LogP contribution >= 0.6 is 0 Å². The molecule has 0 radical (unpaired) electrons.